The lowest BCUT2D eigenvalue weighted by Gasteiger charge is -2.16. The summed E-state index contributed by atoms with van der Waals surface area (Å²) in [6.45, 7) is 0.750. The predicted octanol–water partition coefficient (Wildman–Crippen LogP) is 1.19. The average molecular weight is 242 g/mol. The number of nitrogens with one attached hydrogen (secondary N) is 1. The Hall–Kier alpha value is -1.49. The van der Waals surface area contributed by atoms with E-state index < -0.39 is 11.6 Å². The molecule has 0 saturated carbocycles. The summed E-state index contributed by atoms with van der Waals surface area (Å²) in [6, 6.07) is 3.78. The van der Waals surface area contributed by atoms with E-state index in [0.29, 0.717) is 18.5 Å². The van der Waals surface area contributed by atoms with Gasteiger partial charge >= 0.3 is 0 Å². The highest BCUT2D eigenvalue weighted by Crippen LogP contribution is 2.09. The third kappa shape index (κ3) is 4.11. The topological polar surface area (TPSA) is 32.3 Å². The summed E-state index contributed by atoms with van der Waals surface area (Å²) < 4.78 is 25.6. The van der Waals surface area contributed by atoms with Crippen LogP contribution in [0.15, 0.2) is 18.2 Å². The fraction of sp³-hybridized carbons (Fsp3) is 0.417. The van der Waals surface area contributed by atoms with E-state index >= 15 is 0 Å². The second-order valence-electron chi connectivity index (χ2n) is 3.84. The van der Waals surface area contributed by atoms with Gasteiger partial charge in [0.05, 0.1) is 6.54 Å². The molecule has 5 heteroatoms. The summed E-state index contributed by atoms with van der Waals surface area (Å²) in [4.78, 5) is 13.0. The first-order valence-corrected chi connectivity index (χ1v) is 5.37. The van der Waals surface area contributed by atoms with E-state index in [4.69, 9.17) is 0 Å². The van der Waals surface area contributed by atoms with Crippen molar-refractivity contribution < 1.29 is 13.6 Å². The van der Waals surface area contributed by atoms with Crippen molar-refractivity contribution in [1.29, 1.82) is 0 Å². The normalized spacial score (nSPS) is 10.4. The molecule has 1 N–H and O–H groups in total. The van der Waals surface area contributed by atoms with Crippen LogP contribution in [0.3, 0.4) is 0 Å². The predicted molar refractivity (Wildman–Crippen MR) is 61.6 cm³/mol. The number of nitrogens with zero attached hydrogens (tertiary/aromatic N) is 1. The number of benzene rings is 1. The van der Waals surface area contributed by atoms with E-state index in [0.717, 1.165) is 12.1 Å². The number of hydrogen-bond donors (Lipinski definition) is 1. The molecular weight excluding hydrogens is 226 g/mol. The maximum atomic E-state index is 12.9. The molecule has 0 bridgehead atoms. The number of rotatable bonds is 5. The van der Waals surface area contributed by atoms with Crippen LogP contribution in [-0.4, -0.2) is 38.0 Å². The van der Waals surface area contributed by atoms with Crippen molar-refractivity contribution in [3.8, 4) is 0 Å². The first kappa shape index (κ1) is 13.6. The molecule has 0 fully saturated rings. The smallest absolute Gasteiger partial charge is 0.236 e. The third-order valence-corrected chi connectivity index (χ3v) is 2.47. The van der Waals surface area contributed by atoms with Gasteiger partial charge in [-0.05, 0) is 31.2 Å². The first-order valence-electron chi connectivity index (χ1n) is 5.37. The fourth-order valence-electron chi connectivity index (χ4n) is 1.40. The van der Waals surface area contributed by atoms with Gasteiger partial charge in [0.25, 0.3) is 0 Å². The molecule has 1 aromatic rings. The molecule has 0 atom stereocenters. The summed E-state index contributed by atoms with van der Waals surface area (Å²) in [5.41, 5.74) is 0.674. The summed E-state index contributed by atoms with van der Waals surface area (Å²) in [5.74, 6) is -1.74. The van der Waals surface area contributed by atoms with Crippen LogP contribution in [0.5, 0.6) is 0 Å². The van der Waals surface area contributed by atoms with Crippen LogP contribution in [0.2, 0.25) is 0 Å². The minimum Gasteiger partial charge on any atom is -0.344 e. The van der Waals surface area contributed by atoms with Gasteiger partial charge in [-0.25, -0.2) is 8.78 Å². The summed E-state index contributed by atoms with van der Waals surface area (Å²) in [7, 11) is 3.38. The van der Waals surface area contributed by atoms with Crippen LogP contribution >= 0.6 is 0 Å². The summed E-state index contributed by atoms with van der Waals surface area (Å²) >= 11 is 0. The minimum atomic E-state index is -0.855. The monoisotopic (exact) mass is 242 g/mol. The van der Waals surface area contributed by atoms with E-state index in [9.17, 15) is 13.6 Å². The van der Waals surface area contributed by atoms with Gasteiger partial charge in [0.1, 0.15) is 0 Å². The summed E-state index contributed by atoms with van der Waals surface area (Å²) in [5, 5.41) is 2.76. The van der Waals surface area contributed by atoms with Gasteiger partial charge in [-0.2, -0.15) is 0 Å². The van der Waals surface area contributed by atoms with Crippen LogP contribution in [0, 0.1) is 11.6 Å². The molecule has 94 valence electrons. The molecule has 0 saturated heterocycles. The van der Waals surface area contributed by atoms with Crippen LogP contribution in [0.4, 0.5) is 8.78 Å². The zero-order valence-corrected chi connectivity index (χ0v) is 9.96. The highest BCUT2D eigenvalue weighted by molar-refractivity contribution is 5.77. The second-order valence-corrected chi connectivity index (χ2v) is 3.84. The van der Waals surface area contributed by atoms with E-state index in [1.165, 1.54) is 6.07 Å². The van der Waals surface area contributed by atoms with Crippen molar-refractivity contribution in [3.05, 3.63) is 35.4 Å². The first-order chi connectivity index (χ1) is 8.04. The average Bonchev–Trinajstić information content (AvgIpc) is 2.30. The molecule has 0 aliphatic heterocycles. The van der Waals surface area contributed by atoms with E-state index in [-0.39, 0.29) is 12.5 Å². The fourth-order valence-corrected chi connectivity index (χ4v) is 1.40. The Kier molecular flexibility index (Phi) is 5.03. The van der Waals surface area contributed by atoms with Crippen molar-refractivity contribution in [2.45, 2.75) is 6.42 Å². The number of carbonyl (C=O) groups is 1. The molecule has 0 aliphatic carbocycles. The Labute approximate surface area is 99.4 Å². The quantitative estimate of drug-likeness (QED) is 0.841. The van der Waals surface area contributed by atoms with Crippen molar-refractivity contribution >= 4 is 5.91 Å². The number of halogens is 2. The Morgan fingerprint density at radius 1 is 1.35 bits per heavy atom. The number of hydrogen-bond acceptors (Lipinski definition) is 2. The third-order valence-electron chi connectivity index (χ3n) is 2.47. The molecule has 0 spiro atoms. The second kappa shape index (κ2) is 6.30. The summed E-state index contributed by atoms with van der Waals surface area (Å²) in [6.07, 6.45) is 0.503. The maximum absolute atomic E-state index is 12.9. The molecular formula is C12H16F2N2O. The van der Waals surface area contributed by atoms with Gasteiger partial charge in [-0.15, -0.1) is 0 Å². The number of likely N-dealkylation sites (N-methyl/N-ethyl adjacent to an activating group) is 2. The molecule has 1 rings (SSSR count). The highest BCUT2D eigenvalue weighted by Gasteiger charge is 2.08. The molecule has 0 radical (unpaired) electrons. The van der Waals surface area contributed by atoms with E-state index in [1.807, 2.05) is 0 Å². The molecule has 0 heterocycles. The van der Waals surface area contributed by atoms with E-state index in [2.05, 4.69) is 5.32 Å². The molecule has 1 amide bonds. The molecule has 1 aromatic carbocycles. The standard InChI is InChI=1S/C12H16F2N2O/c1-15-8-12(17)16(2)6-5-9-3-4-10(13)11(14)7-9/h3-4,7,15H,5-6,8H2,1-2H3. The van der Waals surface area contributed by atoms with Gasteiger partial charge < -0.3 is 10.2 Å². The van der Waals surface area contributed by atoms with Crippen LogP contribution in [0.1, 0.15) is 5.56 Å². The van der Waals surface area contributed by atoms with Crippen LogP contribution in [0.25, 0.3) is 0 Å². The Balaban J connectivity index is 2.50. The highest BCUT2D eigenvalue weighted by atomic mass is 19.2. The molecule has 3 nitrogen and oxygen atoms in total. The lowest BCUT2D eigenvalue weighted by molar-refractivity contribution is -0.128. The Morgan fingerprint density at radius 2 is 2.06 bits per heavy atom. The van der Waals surface area contributed by atoms with Gasteiger partial charge in [-0.3, -0.25) is 4.79 Å². The van der Waals surface area contributed by atoms with E-state index in [1.54, 1.807) is 19.0 Å². The molecule has 0 unspecified atom stereocenters. The minimum absolute atomic E-state index is 0.0323. The lowest BCUT2D eigenvalue weighted by Crippen LogP contribution is -2.35. The molecule has 0 aromatic heterocycles. The SMILES string of the molecule is CNCC(=O)N(C)CCc1ccc(F)c(F)c1. The number of amides is 1. The molecule has 17 heavy (non-hydrogen) atoms. The maximum Gasteiger partial charge on any atom is 0.236 e. The lowest BCUT2D eigenvalue weighted by atomic mass is 10.1. The van der Waals surface area contributed by atoms with Crippen LogP contribution in [-0.2, 0) is 11.2 Å². The number of carbonyl (C=O) groups excluding carboxylic acids is 1. The Morgan fingerprint density at radius 3 is 2.65 bits per heavy atom. The molecule has 0 aliphatic rings. The van der Waals surface area contributed by atoms with Gasteiger partial charge in [-0.1, -0.05) is 6.07 Å². The Bertz CT molecular complexity index is 396. The zero-order valence-electron chi connectivity index (χ0n) is 9.96. The van der Waals surface area contributed by atoms with Gasteiger partial charge in [0, 0.05) is 13.6 Å². The van der Waals surface area contributed by atoms with Gasteiger partial charge in [0.15, 0.2) is 11.6 Å². The van der Waals surface area contributed by atoms with Gasteiger partial charge in [0.2, 0.25) is 5.91 Å². The van der Waals surface area contributed by atoms with Crippen LogP contribution < -0.4 is 5.32 Å². The largest absolute Gasteiger partial charge is 0.344 e. The van der Waals surface area contributed by atoms with Crippen molar-refractivity contribution in [2.75, 3.05) is 27.2 Å². The van der Waals surface area contributed by atoms with Crippen molar-refractivity contribution in [1.82, 2.24) is 10.2 Å². The zero-order chi connectivity index (χ0) is 12.8. The van der Waals surface area contributed by atoms with Crippen molar-refractivity contribution in [3.63, 3.8) is 0 Å². The van der Waals surface area contributed by atoms with Crippen molar-refractivity contribution in [2.24, 2.45) is 0 Å².